The molecule has 1 N–H and O–H groups in total. The second-order valence-electron chi connectivity index (χ2n) is 4.39. The number of hydrogen-bond donors (Lipinski definition) is 1. The molecule has 4 nitrogen and oxygen atoms in total. The molecule has 0 aliphatic heterocycles. The molecule has 0 atom stereocenters. The molecule has 102 valence electrons. The van der Waals surface area contributed by atoms with Crippen LogP contribution in [0.25, 0.3) is 10.9 Å². The fourth-order valence-electron chi connectivity index (χ4n) is 2.03. The van der Waals surface area contributed by atoms with Gasteiger partial charge in [0.25, 0.3) is 11.5 Å². The summed E-state index contributed by atoms with van der Waals surface area (Å²) in [6.07, 6.45) is 3.24. The van der Waals surface area contributed by atoms with Gasteiger partial charge in [0.1, 0.15) is 5.56 Å². The van der Waals surface area contributed by atoms with Gasteiger partial charge in [0, 0.05) is 18.6 Å². The van der Waals surface area contributed by atoms with Crippen LogP contribution in [0, 0.1) is 0 Å². The number of nitrogens with zero attached hydrogens (tertiary/aromatic N) is 1. The smallest absolute Gasteiger partial charge is 0.261 e. The van der Waals surface area contributed by atoms with Crippen molar-refractivity contribution in [3.8, 4) is 0 Å². The first-order chi connectivity index (χ1) is 9.67. The highest BCUT2D eigenvalue weighted by molar-refractivity contribution is 5.97. The first-order valence-corrected chi connectivity index (χ1v) is 6.30. The summed E-state index contributed by atoms with van der Waals surface area (Å²) in [4.78, 5) is 28.7. The Morgan fingerprint density at radius 1 is 1.20 bits per heavy atom. The summed E-state index contributed by atoms with van der Waals surface area (Å²) in [5.74, 6) is -0.322. The van der Waals surface area contributed by atoms with E-state index in [1.807, 2.05) is 18.2 Å². The van der Waals surface area contributed by atoms with E-state index < -0.39 is 0 Å². The fraction of sp³-hybridized carbons (Fsp3) is 0.125. The van der Waals surface area contributed by atoms with Gasteiger partial charge in [0.05, 0.1) is 0 Å². The molecule has 1 aromatic carbocycles. The molecule has 1 aromatic heterocycles. The van der Waals surface area contributed by atoms with Crippen LogP contribution in [0.15, 0.2) is 60.4 Å². The maximum Gasteiger partial charge on any atom is 0.261 e. The van der Waals surface area contributed by atoms with Gasteiger partial charge in [0.2, 0.25) is 0 Å². The number of amides is 1. The first kappa shape index (κ1) is 13.8. The van der Waals surface area contributed by atoms with Gasteiger partial charge < -0.3 is 9.88 Å². The zero-order valence-corrected chi connectivity index (χ0v) is 11.1. The minimum absolute atomic E-state index is 0.132. The molecule has 0 radical (unpaired) electrons. The molecule has 0 bridgehead atoms. The Bertz CT molecular complexity index is 706. The third kappa shape index (κ3) is 2.69. The number of rotatable bonds is 5. The van der Waals surface area contributed by atoms with Crippen LogP contribution in [0.3, 0.4) is 0 Å². The zero-order valence-electron chi connectivity index (χ0n) is 11.1. The van der Waals surface area contributed by atoms with Crippen LogP contribution >= 0.6 is 0 Å². The molecule has 2 rings (SSSR count). The van der Waals surface area contributed by atoms with Crippen molar-refractivity contribution in [2.45, 2.75) is 0 Å². The second-order valence-corrected chi connectivity index (χ2v) is 4.39. The monoisotopic (exact) mass is 268 g/mol. The Balaban J connectivity index is 2.47. The van der Waals surface area contributed by atoms with E-state index in [-0.39, 0.29) is 17.0 Å². The van der Waals surface area contributed by atoms with Crippen LogP contribution in [-0.2, 0) is 0 Å². The molecule has 1 heterocycles. The molecular formula is C16H16N2O2. The maximum absolute atomic E-state index is 12.4. The van der Waals surface area contributed by atoms with E-state index in [4.69, 9.17) is 0 Å². The summed E-state index contributed by atoms with van der Waals surface area (Å²) in [5.41, 5.74) is 0.465. The number of hydrogen-bond acceptors (Lipinski definition) is 2. The summed E-state index contributed by atoms with van der Waals surface area (Å²) < 4.78 is 0. The highest BCUT2D eigenvalue weighted by atomic mass is 16.2. The average molecular weight is 268 g/mol. The van der Waals surface area contributed by atoms with Gasteiger partial charge in [-0.3, -0.25) is 9.59 Å². The van der Waals surface area contributed by atoms with Crippen LogP contribution in [0.1, 0.15) is 10.4 Å². The van der Waals surface area contributed by atoms with Gasteiger partial charge in [-0.15, -0.1) is 13.2 Å². The number of para-hydroxylation sites is 1. The summed E-state index contributed by atoms with van der Waals surface area (Å²) in [6, 6.07) is 8.97. The van der Waals surface area contributed by atoms with Crippen molar-refractivity contribution in [2.75, 3.05) is 13.1 Å². The first-order valence-electron chi connectivity index (χ1n) is 6.30. The zero-order chi connectivity index (χ0) is 14.5. The van der Waals surface area contributed by atoms with Crippen LogP contribution in [0.4, 0.5) is 0 Å². The van der Waals surface area contributed by atoms with Crippen LogP contribution < -0.4 is 5.56 Å². The quantitative estimate of drug-likeness (QED) is 0.846. The van der Waals surface area contributed by atoms with Crippen LogP contribution in [0.5, 0.6) is 0 Å². The van der Waals surface area contributed by atoms with Gasteiger partial charge in [0.15, 0.2) is 0 Å². The highest BCUT2D eigenvalue weighted by Gasteiger charge is 2.17. The number of fused-ring (bicyclic) bond motifs is 1. The lowest BCUT2D eigenvalue weighted by Gasteiger charge is -2.18. The maximum atomic E-state index is 12.4. The van der Waals surface area contributed by atoms with Gasteiger partial charge in [-0.25, -0.2) is 0 Å². The van der Waals surface area contributed by atoms with E-state index in [9.17, 15) is 9.59 Å². The van der Waals surface area contributed by atoms with E-state index in [1.165, 1.54) is 4.90 Å². The number of carbonyl (C=O) groups is 1. The minimum atomic E-state index is -0.383. The van der Waals surface area contributed by atoms with E-state index in [2.05, 4.69) is 18.1 Å². The van der Waals surface area contributed by atoms with Crippen LogP contribution in [-0.4, -0.2) is 28.9 Å². The van der Waals surface area contributed by atoms with Gasteiger partial charge >= 0.3 is 0 Å². The number of pyridine rings is 1. The molecule has 0 spiro atoms. The third-order valence-electron chi connectivity index (χ3n) is 2.97. The lowest BCUT2D eigenvalue weighted by atomic mass is 10.1. The number of aromatic nitrogens is 1. The fourth-order valence-corrected chi connectivity index (χ4v) is 2.03. The molecule has 0 saturated heterocycles. The van der Waals surface area contributed by atoms with Crippen molar-refractivity contribution >= 4 is 16.8 Å². The molecule has 20 heavy (non-hydrogen) atoms. The number of H-pyrrole nitrogens is 1. The largest absolute Gasteiger partial charge is 0.331 e. The predicted octanol–water partition coefficient (Wildman–Crippen LogP) is 2.34. The van der Waals surface area contributed by atoms with Gasteiger partial charge in [-0.2, -0.15) is 0 Å². The summed E-state index contributed by atoms with van der Waals surface area (Å²) in [6.45, 7) is 7.98. The predicted molar refractivity (Wildman–Crippen MR) is 80.9 cm³/mol. The van der Waals surface area contributed by atoms with E-state index in [1.54, 1.807) is 24.3 Å². The van der Waals surface area contributed by atoms with Crippen molar-refractivity contribution in [3.05, 3.63) is 71.6 Å². The Hall–Kier alpha value is -2.62. The lowest BCUT2D eigenvalue weighted by Crippen LogP contribution is -2.35. The molecule has 0 aliphatic rings. The normalized spacial score (nSPS) is 10.2. The van der Waals surface area contributed by atoms with Crippen LogP contribution in [0.2, 0.25) is 0 Å². The highest BCUT2D eigenvalue weighted by Crippen LogP contribution is 2.11. The number of carbonyl (C=O) groups excluding carboxylic acids is 1. The Morgan fingerprint density at radius 2 is 1.85 bits per heavy atom. The van der Waals surface area contributed by atoms with Crippen molar-refractivity contribution in [3.63, 3.8) is 0 Å². The SMILES string of the molecule is C=CCN(CC=C)C(=O)c1cc2ccccc2[nH]c1=O. The van der Waals surface area contributed by atoms with E-state index in [0.29, 0.717) is 18.6 Å². The van der Waals surface area contributed by atoms with Crippen molar-refractivity contribution in [1.82, 2.24) is 9.88 Å². The van der Waals surface area contributed by atoms with Crippen molar-refractivity contribution < 1.29 is 4.79 Å². The van der Waals surface area contributed by atoms with E-state index >= 15 is 0 Å². The third-order valence-corrected chi connectivity index (χ3v) is 2.97. The molecule has 0 fully saturated rings. The Kier molecular flexibility index (Phi) is 4.15. The number of benzene rings is 1. The molecule has 1 amide bonds. The molecular weight excluding hydrogens is 252 g/mol. The summed E-state index contributed by atoms with van der Waals surface area (Å²) in [7, 11) is 0. The minimum Gasteiger partial charge on any atom is -0.331 e. The lowest BCUT2D eigenvalue weighted by molar-refractivity contribution is 0.0789. The molecule has 0 aliphatic carbocycles. The number of aromatic amines is 1. The second kappa shape index (κ2) is 6.02. The summed E-state index contributed by atoms with van der Waals surface area (Å²) >= 11 is 0. The van der Waals surface area contributed by atoms with Crippen molar-refractivity contribution in [1.29, 1.82) is 0 Å². The van der Waals surface area contributed by atoms with Gasteiger partial charge in [-0.1, -0.05) is 30.4 Å². The Morgan fingerprint density at radius 3 is 2.50 bits per heavy atom. The molecule has 4 heteroatoms. The van der Waals surface area contributed by atoms with Crippen molar-refractivity contribution in [2.24, 2.45) is 0 Å². The molecule has 0 saturated carbocycles. The molecule has 0 unspecified atom stereocenters. The van der Waals surface area contributed by atoms with Gasteiger partial charge in [-0.05, 0) is 17.5 Å². The summed E-state index contributed by atoms with van der Waals surface area (Å²) in [5, 5.41) is 0.826. The number of nitrogens with one attached hydrogen (secondary N) is 1. The topological polar surface area (TPSA) is 53.2 Å². The van der Waals surface area contributed by atoms with E-state index in [0.717, 1.165) is 5.39 Å². The molecule has 2 aromatic rings. The standard InChI is InChI=1S/C16H16N2O2/c1-3-9-18(10-4-2)16(20)13-11-12-7-5-6-8-14(12)17-15(13)19/h3-8,11H,1-2,9-10H2,(H,17,19). The Labute approximate surface area is 117 Å². The average Bonchev–Trinajstić information content (AvgIpc) is 2.45.